The molecular formula is C20H20ClF3N2O5S. The number of nitrogens with one attached hydrogen (secondary N) is 1. The van der Waals surface area contributed by atoms with Crippen LogP contribution in [0.5, 0.6) is 5.75 Å². The van der Waals surface area contributed by atoms with Crippen molar-refractivity contribution in [3.8, 4) is 5.75 Å². The maximum absolute atomic E-state index is 12.9. The second kappa shape index (κ2) is 9.55. The summed E-state index contributed by atoms with van der Waals surface area (Å²) in [7, 11) is -4.22. The zero-order chi connectivity index (χ0) is 23.5. The van der Waals surface area contributed by atoms with E-state index in [2.05, 4.69) is 4.72 Å². The largest absolute Gasteiger partial charge is 0.481 e. The minimum absolute atomic E-state index is 0.183. The second-order valence-electron chi connectivity index (χ2n) is 6.97. The third-order valence-electron chi connectivity index (χ3n) is 4.66. The van der Waals surface area contributed by atoms with Gasteiger partial charge in [-0.2, -0.15) is 13.2 Å². The Balaban J connectivity index is 1.70. The van der Waals surface area contributed by atoms with E-state index < -0.39 is 33.6 Å². The number of rotatable bonds is 6. The lowest BCUT2D eigenvalue weighted by molar-refractivity contribution is -0.142. The van der Waals surface area contributed by atoms with Crippen LogP contribution in [0.4, 0.5) is 18.9 Å². The SMILES string of the molecule is C[C@@H](Oc1ccc(S(=O)(=O)Nc2cc(C(F)(F)F)ccc2Cl)cc1)C(=O)N1CCOCC1. The number of nitrogens with zero attached hydrogens (tertiary/aromatic N) is 1. The quantitative estimate of drug-likeness (QED) is 0.663. The molecule has 32 heavy (non-hydrogen) atoms. The van der Waals surface area contributed by atoms with E-state index in [9.17, 15) is 26.4 Å². The van der Waals surface area contributed by atoms with Gasteiger partial charge in [0.25, 0.3) is 15.9 Å². The second-order valence-corrected chi connectivity index (χ2v) is 9.06. The Morgan fingerprint density at radius 3 is 2.38 bits per heavy atom. The van der Waals surface area contributed by atoms with Crippen molar-refractivity contribution in [3.05, 3.63) is 53.1 Å². The topological polar surface area (TPSA) is 84.9 Å². The molecule has 0 bridgehead atoms. The average molecular weight is 493 g/mol. The van der Waals surface area contributed by atoms with Crippen molar-refractivity contribution in [3.63, 3.8) is 0 Å². The fraction of sp³-hybridized carbons (Fsp3) is 0.350. The molecular weight excluding hydrogens is 473 g/mol. The van der Waals surface area contributed by atoms with Crippen LogP contribution in [0, 0.1) is 0 Å². The summed E-state index contributed by atoms with van der Waals surface area (Å²) in [4.78, 5) is 13.8. The third-order valence-corrected chi connectivity index (χ3v) is 6.37. The number of halogens is 4. The van der Waals surface area contributed by atoms with Crippen LogP contribution in [0.2, 0.25) is 5.02 Å². The molecule has 1 fully saturated rings. The van der Waals surface area contributed by atoms with Crippen molar-refractivity contribution in [2.24, 2.45) is 0 Å². The van der Waals surface area contributed by atoms with Gasteiger partial charge in [-0.05, 0) is 49.4 Å². The van der Waals surface area contributed by atoms with Crippen LogP contribution in [0.1, 0.15) is 12.5 Å². The van der Waals surface area contributed by atoms with Crippen molar-refractivity contribution in [2.45, 2.75) is 24.1 Å². The first kappa shape index (κ1) is 24.1. The van der Waals surface area contributed by atoms with Crippen LogP contribution in [-0.2, 0) is 25.7 Å². The number of anilines is 1. The molecule has 0 unspecified atom stereocenters. The Labute approximate surface area is 188 Å². The molecule has 1 aliphatic rings. The van der Waals surface area contributed by atoms with Gasteiger partial charge in [-0.3, -0.25) is 9.52 Å². The molecule has 1 aliphatic heterocycles. The minimum Gasteiger partial charge on any atom is -0.481 e. The molecule has 1 atom stereocenters. The Kier molecular flexibility index (Phi) is 7.21. The highest BCUT2D eigenvalue weighted by atomic mass is 35.5. The van der Waals surface area contributed by atoms with E-state index in [4.69, 9.17) is 21.1 Å². The number of hydrogen-bond donors (Lipinski definition) is 1. The molecule has 0 radical (unpaired) electrons. The monoisotopic (exact) mass is 492 g/mol. The van der Waals surface area contributed by atoms with Crippen LogP contribution in [0.3, 0.4) is 0 Å². The molecule has 0 aromatic heterocycles. The summed E-state index contributed by atoms with van der Waals surface area (Å²) in [5.74, 6) is 0.0426. The van der Waals surface area contributed by atoms with E-state index in [1.807, 2.05) is 0 Å². The molecule has 1 saturated heterocycles. The molecule has 2 aromatic carbocycles. The van der Waals surface area contributed by atoms with Crippen LogP contribution in [-0.4, -0.2) is 51.6 Å². The van der Waals surface area contributed by atoms with Crippen molar-refractivity contribution >= 4 is 33.2 Å². The van der Waals surface area contributed by atoms with E-state index in [1.165, 1.54) is 24.3 Å². The first-order valence-electron chi connectivity index (χ1n) is 9.50. The normalized spacial score (nSPS) is 15.8. The van der Waals surface area contributed by atoms with E-state index >= 15 is 0 Å². The lowest BCUT2D eigenvalue weighted by Crippen LogP contribution is -2.46. The zero-order valence-electron chi connectivity index (χ0n) is 16.9. The summed E-state index contributed by atoms with van der Waals surface area (Å²) in [5.41, 5.74) is -1.44. The van der Waals surface area contributed by atoms with E-state index in [0.29, 0.717) is 32.4 Å². The van der Waals surface area contributed by atoms with Crippen LogP contribution >= 0.6 is 11.6 Å². The summed E-state index contributed by atoms with van der Waals surface area (Å²) in [6, 6.07) is 7.47. The maximum atomic E-state index is 12.9. The average Bonchev–Trinajstić information content (AvgIpc) is 2.75. The fourth-order valence-electron chi connectivity index (χ4n) is 2.98. The van der Waals surface area contributed by atoms with Gasteiger partial charge in [-0.1, -0.05) is 11.6 Å². The van der Waals surface area contributed by atoms with E-state index in [0.717, 1.165) is 12.1 Å². The maximum Gasteiger partial charge on any atom is 0.416 e. The van der Waals surface area contributed by atoms with Gasteiger partial charge in [0.2, 0.25) is 0 Å². The Morgan fingerprint density at radius 2 is 1.78 bits per heavy atom. The highest BCUT2D eigenvalue weighted by Crippen LogP contribution is 2.34. The van der Waals surface area contributed by atoms with Crippen molar-refractivity contribution < 1.29 is 35.9 Å². The van der Waals surface area contributed by atoms with Gasteiger partial charge in [0.05, 0.1) is 34.4 Å². The number of amides is 1. The first-order valence-corrected chi connectivity index (χ1v) is 11.4. The Bertz CT molecular complexity index is 1070. The zero-order valence-corrected chi connectivity index (χ0v) is 18.4. The molecule has 7 nitrogen and oxygen atoms in total. The first-order chi connectivity index (χ1) is 15.0. The summed E-state index contributed by atoms with van der Waals surface area (Å²) in [6.07, 6.45) is -5.45. The highest BCUT2D eigenvalue weighted by molar-refractivity contribution is 7.92. The van der Waals surface area contributed by atoms with Gasteiger partial charge < -0.3 is 14.4 Å². The van der Waals surface area contributed by atoms with E-state index in [1.54, 1.807) is 11.8 Å². The highest BCUT2D eigenvalue weighted by Gasteiger charge is 2.31. The summed E-state index contributed by atoms with van der Waals surface area (Å²) in [6.45, 7) is 3.42. The Morgan fingerprint density at radius 1 is 1.16 bits per heavy atom. The number of carbonyl (C=O) groups excluding carboxylic acids is 1. The number of alkyl halides is 3. The third kappa shape index (κ3) is 5.84. The van der Waals surface area contributed by atoms with Gasteiger partial charge in [0.1, 0.15) is 5.75 Å². The molecule has 0 saturated carbocycles. The molecule has 2 aromatic rings. The van der Waals surface area contributed by atoms with E-state index in [-0.39, 0.29) is 21.6 Å². The number of morpholine rings is 1. The number of sulfonamides is 1. The molecule has 174 valence electrons. The lowest BCUT2D eigenvalue weighted by atomic mass is 10.2. The van der Waals surface area contributed by atoms with Crippen molar-refractivity contribution in [1.29, 1.82) is 0 Å². The number of benzene rings is 2. The van der Waals surface area contributed by atoms with Crippen LogP contribution in [0.15, 0.2) is 47.4 Å². The van der Waals surface area contributed by atoms with Crippen LogP contribution in [0.25, 0.3) is 0 Å². The van der Waals surface area contributed by atoms with Crippen molar-refractivity contribution in [2.75, 3.05) is 31.0 Å². The molecule has 1 N–H and O–H groups in total. The smallest absolute Gasteiger partial charge is 0.416 e. The standard InChI is InChI=1S/C20H20ClF3N2O5S/c1-13(19(27)26-8-10-30-11-9-26)31-15-3-5-16(6-4-15)32(28,29)25-18-12-14(20(22,23)24)2-7-17(18)21/h2-7,12-13,25H,8-11H2,1H3/t13-/m1/s1. The van der Waals surface area contributed by atoms with Crippen molar-refractivity contribution in [1.82, 2.24) is 4.90 Å². The van der Waals surface area contributed by atoms with Gasteiger partial charge in [0.15, 0.2) is 6.10 Å². The number of carbonyl (C=O) groups is 1. The van der Waals surface area contributed by atoms with Gasteiger partial charge >= 0.3 is 6.18 Å². The molecule has 0 spiro atoms. The predicted molar refractivity (Wildman–Crippen MR) is 111 cm³/mol. The molecule has 0 aliphatic carbocycles. The number of hydrogen-bond acceptors (Lipinski definition) is 5. The summed E-state index contributed by atoms with van der Waals surface area (Å²) in [5, 5.41) is -0.183. The fourth-order valence-corrected chi connectivity index (χ4v) is 4.27. The minimum atomic E-state index is -4.65. The Hall–Kier alpha value is -2.50. The van der Waals surface area contributed by atoms with Gasteiger partial charge in [-0.25, -0.2) is 8.42 Å². The predicted octanol–water partition coefficient (Wildman–Crippen LogP) is 3.79. The molecule has 1 amide bonds. The van der Waals surface area contributed by atoms with Gasteiger partial charge in [-0.15, -0.1) is 0 Å². The summed E-state index contributed by atoms with van der Waals surface area (Å²) < 4.78 is 76.8. The molecule has 12 heteroatoms. The molecule has 3 rings (SSSR count). The van der Waals surface area contributed by atoms with Crippen LogP contribution < -0.4 is 9.46 Å². The molecule has 1 heterocycles. The lowest BCUT2D eigenvalue weighted by Gasteiger charge is -2.29. The number of ether oxygens (including phenoxy) is 2. The summed E-state index contributed by atoms with van der Waals surface area (Å²) >= 11 is 5.86. The van der Waals surface area contributed by atoms with Gasteiger partial charge in [0, 0.05) is 13.1 Å².